The van der Waals surface area contributed by atoms with E-state index in [1.165, 1.54) is 0 Å². The molecular weight excluding hydrogens is 210 g/mol. The van der Waals surface area contributed by atoms with E-state index in [2.05, 4.69) is 25.8 Å². The van der Waals surface area contributed by atoms with Crippen molar-refractivity contribution in [1.82, 2.24) is 15.2 Å². The fraction of sp³-hybridized carbons (Fsp3) is 0.667. The number of aromatic nitrogens is 3. The van der Waals surface area contributed by atoms with Crippen molar-refractivity contribution in [3.63, 3.8) is 0 Å². The Kier molecular flexibility index (Phi) is 6.12. The number of nitrogens with one attached hydrogen (secondary N) is 2. The first kappa shape index (κ1) is 12.6. The summed E-state index contributed by atoms with van der Waals surface area (Å²) < 4.78 is 9.82. The van der Waals surface area contributed by atoms with Crippen molar-refractivity contribution >= 4 is 11.8 Å². The van der Waals surface area contributed by atoms with Gasteiger partial charge in [0.25, 0.3) is 0 Å². The molecule has 0 bridgehead atoms. The van der Waals surface area contributed by atoms with Crippen molar-refractivity contribution in [1.29, 1.82) is 0 Å². The molecule has 1 aromatic heterocycles. The van der Waals surface area contributed by atoms with Gasteiger partial charge in [-0.05, 0) is 0 Å². The lowest BCUT2D eigenvalue weighted by Gasteiger charge is -2.06. The average Bonchev–Trinajstić information content (AvgIpc) is 2.30. The van der Waals surface area contributed by atoms with E-state index in [-0.39, 0.29) is 0 Å². The monoisotopic (exact) mass is 227 g/mol. The zero-order valence-corrected chi connectivity index (χ0v) is 9.56. The van der Waals surface area contributed by atoms with E-state index in [1.54, 1.807) is 20.4 Å². The molecule has 7 nitrogen and oxygen atoms in total. The second kappa shape index (κ2) is 7.77. The Morgan fingerprint density at radius 3 is 2.50 bits per heavy atom. The van der Waals surface area contributed by atoms with Gasteiger partial charge >= 0.3 is 0 Å². The molecule has 0 aromatic carbocycles. The van der Waals surface area contributed by atoms with Gasteiger partial charge in [0.05, 0.1) is 19.4 Å². The van der Waals surface area contributed by atoms with Gasteiger partial charge in [0.1, 0.15) is 0 Å². The summed E-state index contributed by atoms with van der Waals surface area (Å²) in [6.45, 7) is 2.56. The van der Waals surface area contributed by atoms with E-state index in [0.717, 1.165) is 0 Å². The molecule has 0 radical (unpaired) electrons. The molecular formula is C9H17N5O2. The Morgan fingerprint density at radius 2 is 1.81 bits per heavy atom. The molecule has 0 saturated heterocycles. The molecule has 0 atom stereocenters. The van der Waals surface area contributed by atoms with Crippen molar-refractivity contribution in [3.8, 4) is 0 Å². The zero-order valence-electron chi connectivity index (χ0n) is 9.56. The predicted molar refractivity (Wildman–Crippen MR) is 60.6 cm³/mol. The maximum Gasteiger partial charge on any atom is 0.244 e. The Morgan fingerprint density at radius 1 is 1.12 bits per heavy atom. The van der Waals surface area contributed by atoms with E-state index in [0.29, 0.717) is 38.1 Å². The fourth-order valence-corrected chi connectivity index (χ4v) is 1.01. The van der Waals surface area contributed by atoms with Crippen molar-refractivity contribution in [2.45, 2.75) is 0 Å². The first-order valence-electron chi connectivity index (χ1n) is 5.02. The number of ether oxygens (including phenoxy) is 2. The van der Waals surface area contributed by atoms with Crippen molar-refractivity contribution < 1.29 is 9.47 Å². The van der Waals surface area contributed by atoms with Gasteiger partial charge in [-0.1, -0.05) is 0 Å². The highest BCUT2D eigenvalue weighted by molar-refractivity contribution is 5.36. The van der Waals surface area contributed by atoms with Crippen molar-refractivity contribution in [2.75, 3.05) is 51.2 Å². The molecule has 0 aliphatic heterocycles. The van der Waals surface area contributed by atoms with Crippen LogP contribution in [0.4, 0.5) is 11.8 Å². The van der Waals surface area contributed by atoms with Crippen LogP contribution in [-0.4, -0.2) is 55.7 Å². The van der Waals surface area contributed by atoms with Gasteiger partial charge in [0, 0.05) is 27.3 Å². The lowest BCUT2D eigenvalue weighted by Crippen LogP contribution is -2.13. The fourth-order valence-electron chi connectivity index (χ4n) is 1.01. The van der Waals surface area contributed by atoms with E-state index >= 15 is 0 Å². The van der Waals surface area contributed by atoms with Crippen LogP contribution in [0.25, 0.3) is 0 Å². The van der Waals surface area contributed by atoms with Gasteiger partial charge in [-0.25, -0.2) is 0 Å². The summed E-state index contributed by atoms with van der Waals surface area (Å²) in [6, 6.07) is 0. The minimum Gasteiger partial charge on any atom is -0.383 e. The van der Waals surface area contributed by atoms with Crippen LogP contribution in [0.2, 0.25) is 0 Å². The first-order valence-corrected chi connectivity index (χ1v) is 5.02. The van der Waals surface area contributed by atoms with Crippen LogP contribution in [0.1, 0.15) is 0 Å². The van der Waals surface area contributed by atoms with Crippen LogP contribution in [0, 0.1) is 0 Å². The molecule has 0 amide bonds. The van der Waals surface area contributed by atoms with Gasteiger partial charge < -0.3 is 20.1 Å². The summed E-state index contributed by atoms with van der Waals surface area (Å²) >= 11 is 0. The van der Waals surface area contributed by atoms with Gasteiger partial charge in [-0.15, -0.1) is 5.10 Å². The molecule has 0 unspecified atom stereocenters. The van der Waals surface area contributed by atoms with E-state index in [9.17, 15) is 0 Å². The lowest BCUT2D eigenvalue weighted by atomic mass is 10.6. The highest BCUT2D eigenvalue weighted by Gasteiger charge is 1.98. The minimum atomic E-state index is 0.486. The van der Waals surface area contributed by atoms with Crippen LogP contribution >= 0.6 is 0 Å². The molecule has 0 fully saturated rings. The number of nitrogens with zero attached hydrogens (tertiary/aromatic N) is 3. The lowest BCUT2D eigenvalue weighted by molar-refractivity contribution is 0.210. The summed E-state index contributed by atoms with van der Waals surface area (Å²) in [6.07, 6.45) is 1.57. The molecule has 0 saturated carbocycles. The van der Waals surface area contributed by atoms with Gasteiger partial charge in [0.2, 0.25) is 5.95 Å². The standard InChI is InChI=1S/C9H17N5O2/c1-15-5-3-10-8-7-12-14-9(13-8)11-4-6-16-2/h7H,3-6H2,1-2H3,(H2,10,11,13,14). The highest BCUT2D eigenvalue weighted by Crippen LogP contribution is 2.02. The Hall–Kier alpha value is -1.47. The highest BCUT2D eigenvalue weighted by atomic mass is 16.5. The maximum atomic E-state index is 4.91. The Bertz CT molecular complexity index is 272. The molecule has 7 heteroatoms. The quantitative estimate of drug-likeness (QED) is 0.604. The summed E-state index contributed by atoms with van der Waals surface area (Å²) in [5.41, 5.74) is 0. The molecule has 0 aliphatic rings. The third-order valence-electron chi connectivity index (χ3n) is 1.76. The summed E-state index contributed by atoms with van der Waals surface area (Å²) in [7, 11) is 3.29. The smallest absolute Gasteiger partial charge is 0.244 e. The summed E-state index contributed by atoms with van der Waals surface area (Å²) in [5.74, 6) is 1.16. The minimum absolute atomic E-state index is 0.486. The van der Waals surface area contributed by atoms with Gasteiger partial charge in [0.15, 0.2) is 5.82 Å². The van der Waals surface area contributed by atoms with Crippen molar-refractivity contribution in [2.24, 2.45) is 0 Å². The van der Waals surface area contributed by atoms with Crippen LogP contribution in [0.15, 0.2) is 6.20 Å². The number of anilines is 2. The number of methoxy groups -OCH3 is 2. The van der Waals surface area contributed by atoms with E-state index in [1.807, 2.05) is 0 Å². The predicted octanol–water partition coefficient (Wildman–Crippen LogP) is -0.0118. The molecule has 0 aliphatic carbocycles. The van der Waals surface area contributed by atoms with Crippen LogP contribution < -0.4 is 10.6 Å². The third-order valence-corrected chi connectivity index (χ3v) is 1.76. The number of hydrogen-bond acceptors (Lipinski definition) is 7. The van der Waals surface area contributed by atoms with Crippen LogP contribution in [-0.2, 0) is 9.47 Å². The van der Waals surface area contributed by atoms with Gasteiger partial charge in [-0.2, -0.15) is 10.1 Å². The molecule has 1 rings (SSSR count). The molecule has 90 valence electrons. The zero-order chi connectivity index (χ0) is 11.6. The second-order valence-electron chi connectivity index (χ2n) is 3.00. The summed E-state index contributed by atoms with van der Waals surface area (Å²) in [4.78, 5) is 4.21. The number of rotatable bonds is 8. The third kappa shape index (κ3) is 4.85. The molecule has 1 aromatic rings. The molecule has 0 spiro atoms. The van der Waals surface area contributed by atoms with Gasteiger partial charge in [-0.3, -0.25) is 0 Å². The van der Waals surface area contributed by atoms with E-state index in [4.69, 9.17) is 9.47 Å². The molecule has 1 heterocycles. The van der Waals surface area contributed by atoms with Crippen molar-refractivity contribution in [3.05, 3.63) is 6.20 Å². The largest absolute Gasteiger partial charge is 0.383 e. The Balaban J connectivity index is 2.37. The summed E-state index contributed by atoms with van der Waals surface area (Å²) in [5, 5.41) is 13.7. The molecule has 2 N–H and O–H groups in total. The molecule has 16 heavy (non-hydrogen) atoms. The van der Waals surface area contributed by atoms with Crippen LogP contribution in [0.5, 0.6) is 0 Å². The topological polar surface area (TPSA) is 81.2 Å². The first-order chi connectivity index (χ1) is 7.86. The maximum absolute atomic E-state index is 4.91. The second-order valence-corrected chi connectivity index (χ2v) is 3.00. The SMILES string of the molecule is COCCNc1cnnc(NCCOC)n1. The normalized spacial score (nSPS) is 10.1. The van der Waals surface area contributed by atoms with E-state index < -0.39 is 0 Å². The average molecular weight is 227 g/mol. The van der Waals surface area contributed by atoms with Crippen LogP contribution in [0.3, 0.4) is 0 Å². The Labute approximate surface area is 94.6 Å². The number of hydrogen-bond donors (Lipinski definition) is 2.